The predicted octanol–water partition coefficient (Wildman–Crippen LogP) is 3.05. The van der Waals surface area contributed by atoms with Gasteiger partial charge in [0.1, 0.15) is 11.9 Å². The van der Waals surface area contributed by atoms with E-state index in [0.717, 1.165) is 11.1 Å². The molecule has 0 bridgehead atoms. The van der Waals surface area contributed by atoms with E-state index in [1.54, 1.807) is 37.5 Å². The van der Waals surface area contributed by atoms with Crippen LogP contribution in [-0.4, -0.2) is 27.7 Å². The summed E-state index contributed by atoms with van der Waals surface area (Å²) in [7, 11) is 0. The van der Waals surface area contributed by atoms with Gasteiger partial charge in [-0.25, -0.2) is 4.39 Å². The maximum atomic E-state index is 13.1. The van der Waals surface area contributed by atoms with Crippen LogP contribution < -0.4 is 5.32 Å². The molecule has 0 aliphatic carbocycles. The van der Waals surface area contributed by atoms with Crippen molar-refractivity contribution in [2.24, 2.45) is 0 Å². The highest BCUT2D eigenvalue weighted by Gasteiger charge is 2.25. The van der Waals surface area contributed by atoms with E-state index < -0.39 is 6.04 Å². The number of carbonyl (C=O) groups excluding carboxylic acids is 2. The lowest BCUT2D eigenvalue weighted by atomic mass is 10.1. The van der Waals surface area contributed by atoms with Crippen molar-refractivity contribution < 1.29 is 14.0 Å². The van der Waals surface area contributed by atoms with Crippen LogP contribution in [0.1, 0.15) is 37.8 Å². The number of halogens is 1. The Bertz CT molecular complexity index is 720. The minimum atomic E-state index is -0.629. The molecule has 0 spiro atoms. The maximum Gasteiger partial charge on any atom is 0.242 e. The summed E-state index contributed by atoms with van der Waals surface area (Å²) >= 11 is 0. The fourth-order valence-corrected chi connectivity index (χ4v) is 2.57. The highest BCUT2D eigenvalue weighted by Crippen LogP contribution is 2.13. The molecule has 1 aromatic heterocycles. The van der Waals surface area contributed by atoms with Crippen LogP contribution in [0.2, 0.25) is 0 Å². The van der Waals surface area contributed by atoms with E-state index in [1.807, 2.05) is 13.0 Å². The smallest absolute Gasteiger partial charge is 0.242 e. The SMILES string of the molecule is CCCC(=O)N(Cc1ccc(F)cc1)[C@@H](C)C(=O)NCc1cccnc1. The average molecular weight is 357 g/mol. The molecule has 0 aliphatic heterocycles. The summed E-state index contributed by atoms with van der Waals surface area (Å²) in [5.74, 6) is -0.663. The van der Waals surface area contributed by atoms with Gasteiger partial charge >= 0.3 is 0 Å². The summed E-state index contributed by atoms with van der Waals surface area (Å²) < 4.78 is 13.1. The Morgan fingerprint density at radius 1 is 1.19 bits per heavy atom. The first-order valence-corrected chi connectivity index (χ1v) is 8.71. The summed E-state index contributed by atoms with van der Waals surface area (Å²) in [4.78, 5) is 30.6. The van der Waals surface area contributed by atoms with Crippen LogP contribution in [0.5, 0.6) is 0 Å². The Balaban J connectivity index is 2.05. The molecular formula is C20H24FN3O2. The summed E-state index contributed by atoms with van der Waals surface area (Å²) in [5.41, 5.74) is 1.67. The zero-order valence-corrected chi connectivity index (χ0v) is 15.1. The second-order valence-electron chi connectivity index (χ2n) is 6.15. The highest BCUT2D eigenvalue weighted by atomic mass is 19.1. The zero-order valence-electron chi connectivity index (χ0n) is 15.1. The quantitative estimate of drug-likeness (QED) is 0.790. The van der Waals surface area contributed by atoms with Crippen molar-refractivity contribution in [3.05, 3.63) is 65.7 Å². The van der Waals surface area contributed by atoms with Crippen molar-refractivity contribution in [1.82, 2.24) is 15.2 Å². The predicted molar refractivity (Wildman–Crippen MR) is 97.4 cm³/mol. The second-order valence-corrected chi connectivity index (χ2v) is 6.15. The van der Waals surface area contributed by atoms with E-state index in [9.17, 15) is 14.0 Å². The molecule has 0 saturated carbocycles. The van der Waals surface area contributed by atoms with E-state index in [-0.39, 0.29) is 24.2 Å². The van der Waals surface area contributed by atoms with Crippen molar-refractivity contribution in [1.29, 1.82) is 0 Å². The van der Waals surface area contributed by atoms with E-state index in [4.69, 9.17) is 0 Å². The van der Waals surface area contributed by atoms with Crippen LogP contribution in [0.25, 0.3) is 0 Å². The molecule has 0 fully saturated rings. The van der Waals surface area contributed by atoms with E-state index in [0.29, 0.717) is 19.4 Å². The summed E-state index contributed by atoms with van der Waals surface area (Å²) in [6.07, 6.45) is 4.41. The molecule has 0 radical (unpaired) electrons. The molecule has 2 aromatic rings. The Morgan fingerprint density at radius 3 is 2.54 bits per heavy atom. The van der Waals surface area contributed by atoms with Crippen molar-refractivity contribution in [3.8, 4) is 0 Å². The number of carbonyl (C=O) groups is 2. The van der Waals surface area contributed by atoms with Crippen molar-refractivity contribution >= 4 is 11.8 Å². The molecule has 6 heteroatoms. The third-order valence-electron chi connectivity index (χ3n) is 4.09. The van der Waals surface area contributed by atoms with Gasteiger partial charge in [0.2, 0.25) is 11.8 Å². The summed E-state index contributed by atoms with van der Waals surface area (Å²) in [5, 5.41) is 2.84. The lowest BCUT2D eigenvalue weighted by molar-refractivity contribution is -0.140. The van der Waals surface area contributed by atoms with Crippen molar-refractivity contribution in [2.45, 2.75) is 45.8 Å². The van der Waals surface area contributed by atoms with Crippen LogP contribution in [0.15, 0.2) is 48.8 Å². The standard InChI is InChI=1S/C20H24FN3O2/c1-3-5-19(25)24(14-16-7-9-18(21)10-8-16)15(2)20(26)23-13-17-6-4-11-22-12-17/h4,6-12,15H,3,5,13-14H2,1-2H3,(H,23,26)/t15-/m0/s1. The average Bonchev–Trinajstić information content (AvgIpc) is 2.66. The van der Waals surface area contributed by atoms with Crippen LogP contribution in [0.3, 0.4) is 0 Å². The number of nitrogens with one attached hydrogen (secondary N) is 1. The second kappa shape index (κ2) is 9.65. The van der Waals surface area contributed by atoms with Crippen LogP contribution in [0, 0.1) is 5.82 Å². The molecule has 2 rings (SSSR count). The van der Waals surface area contributed by atoms with E-state index >= 15 is 0 Å². The number of hydrogen-bond acceptors (Lipinski definition) is 3. The molecule has 0 aliphatic rings. The minimum Gasteiger partial charge on any atom is -0.350 e. The Morgan fingerprint density at radius 2 is 1.92 bits per heavy atom. The number of aromatic nitrogens is 1. The molecule has 0 unspecified atom stereocenters. The fraction of sp³-hybridized carbons (Fsp3) is 0.350. The molecular weight excluding hydrogens is 333 g/mol. The van der Waals surface area contributed by atoms with Gasteiger partial charge in [0.15, 0.2) is 0 Å². The molecule has 1 heterocycles. The topological polar surface area (TPSA) is 62.3 Å². The first kappa shape index (κ1) is 19.6. The largest absolute Gasteiger partial charge is 0.350 e. The molecule has 1 N–H and O–H groups in total. The van der Waals surface area contributed by atoms with Crippen LogP contribution in [0.4, 0.5) is 4.39 Å². The van der Waals surface area contributed by atoms with Gasteiger partial charge in [0.05, 0.1) is 0 Å². The Labute approximate surface area is 153 Å². The Kier molecular flexibility index (Phi) is 7.26. The van der Waals surface area contributed by atoms with Gasteiger partial charge in [0, 0.05) is 31.9 Å². The number of rotatable bonds is 8. The maximum absolute atomic E-state index is 13.1. The van der Waals surface area contributed by atoms with Gasteiger partial charge in [-0.15, -0.1) is 0 Å². The van der Waals surface area contributed by atoms with E-state index in [1.165, 1.54) is 17.0 Å². The fourth-order valence-electron chi connectivity index (χ4n) is 2.57. The van der Waals surface area contributed by atoms with Crippen molar-refractivity contribution in [3.63, 3.8) is 0 Å². The first-order valence-electron chi connectivity index (χ1n) is 8.71. The number of nitrogens with zero attached hydrogens (tertiary/aromatic N) is 2. The zero-order chi connectivity index (χ0) is 18.9. The molecule has 138 valence electrons. The third-order valence-corrected chi connectivity index (χ3v) is 4.09. The molecule has 2 amide bonds. The number of hydrogen-bond donors (Lipinski definition) is 1. The summed E-state index contributed by atoms with van der Waals surface area (Å²) in [6.45, 7) is 4.24. The van der Waals surface area contributed by atoms with Gasteiger partial charge in [0.25, 0.3) is 0 Å². The van der Waals surface area contributed by atoms with Crippen molar-refractivity contribution in [2.75, 3.05) is 0 Å². The lowest BCUT2D eigenvalue weighted by Gasteiger charge is -2.28. The first-order chi connectivity index (χ1) is 12.5. The number of amides is 2. The molecule has 0 saturated heterocycles. The monoisotopic (exact) mass is 357 g/mol. The van der Waals surface area contributed by atoms with E-state index in [2.05, 4.69) is 10.3 Å². The summed E-state index contributed by atoms with van der Waals surface area (Å²) in [6, 6.07) is 9.00. The van der Waals surface area contributed by atoms with Gasteiger partial charge in [-0.1, -0.05) is 25.1 Å². The van der Waals surface area contributed by atoms with Gasteiger partial charge in [-0.3, -0.25) is 14.6 Å². The van der Waals surface area contributed by atoms with Crippen LogP contribution >= 0.6 is 0 Å². The third kappa shape index (κ3) is 5.65. The molecule has 1 aromatic carbocycles. The van der Waals surface area contributed by atoms with Crippen LogP contribution in [-0.2, 0) is 22.7 Å². The molecule has 26 heavy (non-hydrogen) atoms. The number of benzene rings is 1. The number of pyridine rings is 1. The van der Waals surface area contributed by atoms with Gasteiger partial charge < -0.3 is 10.2 Å². The van der Waals surface area contributed by atoms with Gasteiger partial charge in [-0.2, -0.15) is 0 Å². The minimum absolute atomic E-state index is 0.0964. The molecule has 1 atom stereocenters. The Hall–Kier alpha value is -2.76. The highest BCUT2D eigenvalue weighted by molar-refractivity contribution is 5.87. The normalized spacial score (nSPS) is 11.7. The molecule has 5 nitrogen and oxygen atoms in total. The van der Waals surface area contributed by atoms with Gasteiger partial charge in [-0.05, 0) is 42.7 Å². The lowest BCUT2D eigenvalue weighted by Crippen LogP contribution is -2.47.